The van der Waals surface area contributed by atoms with Crippen LogP contribution in [0.3, 0.4) is 0 Å². The molecule has 0 saturated heterocycles. The maximum absolute atomic E-state index is 12.5. The van der Waals surface area contributed by atoms with Crippen LogP contribution in [-0.2, 0) is 6.54 Å². The molecule has 3 rings (SSSR count). The number of benzene rings is 1. The third kappa shape index (κ3) is 3.98. The fourth-order valence-electron chi connectivity index (χ4n) is 2.37. The van der Waals surface area contributed by atoms with Crippen LogP contribution in [0.2, 0.25) is 0 Å². The molecule has 1 amide bonds. The highest BCUT2D eigenvalue weighted by molar-refractivity contribution is 5.98. The zero-order valence-corrected chi connectivity index (χ0v) is 14.2. The molecule has 0 fully saturated rings. The van der Waals surface area contributed by atoms with Crippen molar-refractivity contribution in [2.75, 3.05) is 19.0 Å². The molecule has 0 aliphatic heterocycles. The summed E-state index contributed by atoms with van der Waals surface area (Å²) in [6.07, 6.45) is 3.27. The first-order chi connectivity index (χ1) is 12.1. The van der Waals surface area contributed by atoms with E-state index in [1.54, 1.807) is 12.4 Å². The topological polar surface area (TPSA) is 71.0 Å². The Bertz CT molecular complexity index is 850. The van der Waals surface area contributed by atoms with Crippen LogP contribution >= 0.6 is 0 Å². The maximum Gasteiger partial charge on any atom is 0.256 e. The van der Waals surface area contributed by atoms with Crippen molar-refractivity contribution in [2.24, 2.45) is 0 Å². The molecule has 0 radical (unpaired) electrons. The summed E-state index contributed by atoms with van der Waals surface area (Å²) < 4.78 is 0. The molecule has 6 heteroatoms. The molecule has 0 aliphatic rings. The van der Waals surface area contributed by atoms with Gasteiger partial charge in [0.15, 0.2) is 5.82 Å². The molecule has 0 bridgehead atoms. The van der Waals surface area contributed by atoms with Crippen LogP contribution in [0.5, 0.6) is 0 Å². The Kier molecular flexibility index (Phi) is 4.99. The molecule has 0 aliphatic carbocycles. The summed E-state index contributed by atoms with van der Waals surface area (Å²) >= 11 is 0. The van der Waals surface area contributed by atoms with Gasteiger partial charge in [-0.2, -0.15) is 0 Å². The van der Waals surface area contributed by atoms with E-state index in [2.05, 4.69) is 20.3 Å². The highest BCUT2D eigenvalue weighted by atomic mass is 16.1. The van der Waals surface area contributed by atoms with E-state index in [9.17, 15) is 4.79 Å². The van der Waals surface area contributed by atoms with Crippen LogP contribution in [0.15, 0.2) is 60.9 Å². The van der Waals surface area contributed by atoms with Gasteiger partial charge in [0.1, 0.15) is 11.4 Å². The number of pyridine rings is 1. The first-order valence-electron chi connectivity index (χ1n) is 7.93. The molecule has 1 aromatic carbocycles. The normalized spacial score (nSPS) is 10.3. The Morgan fingerprint density at radius 2 is 1.80 bits per heavy atom. The lowest BCUT2D eigenvalue weighted by molar-refractivity contribution is 0.0950. The van der Waals surface area contributed by atoms with Gasteiger partial charge >= 0.3 is 0 Å². The van der Waals surface area contributed by atoms with E-state index >= 15 is 0 Å². The summed E-state index contributed by atoms with van der Waals surface area (Å²) in [5.41, 5.74) is 2.13. The standard InChI is InChI=1S/C19H19N5O/c1-24(2)18-16(19(25)22-12-15-10-6-7-11-20-15)13-21-17(23-18)14-8-4-3-5-9-14/h3-11,13H,12H2,1-2H3,(H,22,25). The first kappa shape index (κ1) is 16.6. The van der Waals surface area contributed by atoms with Gasteiger partial charge in [-0.15, -0.1) is 0 Å². The summed E-state index contributed by atoms with van der Waals surface area (Å²) in [4.78, 5) is 27.5. The van der Waals surface area contributed by atoms with Gasteiger partial charge in [-0.3, -0.25) is 9.78 Å². The number of anilines is 1. The summed E-state index contributed by atoms with van der Waals surface area (Å²) in [5, 5.41) is 2.86. The lowest BCUT2D eigenvalue weighted by atomic mass is 10.2. The average Bonchev–Trinajstić information content (AvgIpc) is 2.67. The average molecular weight is 333 g/mol. The van der Waals surface area contributed by atoms with Gasteiger partial charge in [-0.05, 0) is 12.1 Å². The van der Waals surface area contributed by atoms with E-state index in [0.29, 0.717) is 23.8 Å². The lowest BCUT2D eigenvalue weighted by Crippen LogP contribution is -2.26. The zero-order chi connectivity index (χ0) is 17.6. The van der Waals surface area contributed by atoms with Gasteiger partial charge in [0.2, 0.25) is 0 Å². The Morgan fingerprint density at radius 3 is 2.48 bits per heavy atom. The second kappa shape index (κ2) is 7.53. The number of rotatable bonds is 5. The van der Waals surface area contributed by atoms with Crippen LogP contribution in [-0.4, -0.2) is 35.0 Å². The number of nitrogens with one attached hydrogen (secondary N) is 1. The smallest absolute Gasteiger partial charge is 0.256 e. The Labute approximate surface area is 146 Å². The van der Waals surface area contributed by atoms with Crippen LogP contribution in [0, 0.1) is 0 Å². The van der Waals surface area contributed by atoms with E-state index < -0.39 is 0 Å². The molecule has 6 nitrogen and oxygen atoms in total. The van der Waals surface area contributed by atoms with Crippen LogP contribution < -0.4 is 10.2 Å². The zero-order valence-electron chi connectivity index (χ0n) is 14.2. The third-order valence-corrected chi connectivity index (χ3v) is 3.63. The molecular formula is C19H19N5O. The van der Waals surface area contributed by atoms with Gasteiger partial charge in [0.05, 0.1) is 12.2 Å². The number of hydrogen-bond donors (Lipinski definition) is 1. The third-order valence-electron chi connectivity index (χ3n) is 3.63. The van der Waals surface area contributed by atoms with Crippen molar-refractivity contribution in [3.63, 3.8) is 0 Å². The Morgan fingerprint density at radius 1 is 1.04 bits per heavy atom. The van der Waals surface area contributed by atoms with Crippen molar-refractivity contribution < 1.29 is 4.79 Å². The van der Waals surface area contributed by atoms with Crippen LogP contribution in [0.1, 0.15) is 16.1 Å². The minimum absolute atomic E-state index is 0.228. The second-order valence-electron chi connectivity index (χ2n) is 5.70. The predicted octanol–water partition coefficient (Wildman–Crippen LogP) is 2.53. The molecule has 0 atom stereocenters. The lowest BCUT2D eigenvalue weighted by Gasteiger charge is -2.16. The molecule has 2 aromatic heterocycles. The van der Waals surface area contributed by atoms with Gasteiger partial charge in [-0.1, -0.05) is 36.4 Å². The van der Waals surface area contributed by atoms with Gasteiger partial charge < -0.3 is 10.2 Å². The monoisotopic (exact) mass is 333 g/mol. The molecular weight excluding hydrogens is 314 g/mol. The number of amides is 1. The highest BCUT2D eigenvalue weighted by Crippen LogP contribution is 2.21. The summed E-state index contributed by atoms with van der Waals surface area (Å²) in [5.74, 6) is 0.937. The van der Waals surface area contributed by atoms with Gasteiger partial charge in [0, 0.05) is 32.1 Å². The Hall–Kier alpha value is -3.28. The van der Waals surface area contributed by atoms with Crippen LogP contribution in [0.25, 0.3) is 11.4 Å². The van der Waals surface area contributed by atoms with E-state index in [-0.39, 0.29) is 5.91 Å². The molecule has 0 spiro atoms. The summed E-state index contributed by atoms with van der Waals surface area (Å²) in [6, 6.07) is 15.3. The molecule has 1 N–H and O–H groups in total. The number of carbonyl (C=O) groups is 1. The van der Waals surface area contributed by atoms with E-state index in [1.807, 2.05) is 67.5 Å². The van der Waals surface area contributed by atoms with Crippen molar-refractivity contribution in [1.29, 1.82) is 0 Å². The van der Waals surface area contributed by atoms with E-state index in [1.165, 1.54) is 0 Å². The fraction of sp³-hybridized carbons (Fsp3) is 0.158. The predicted molar refractivity (Wildman–Crippen MR) is 97.2 cm³/mol. The minimum atomic E-state index is -0.228. The first-order valence-corrected chi connectivity index (χ1v) is 7.93. The largest absolute Gasteiger partial charge is 0.362 e. The number of nitrogens with zero attached hydrogens (tertiary/aromatic N) is 4. The van der Waals surface area contributed by atoms with Gasteiger partial charge in [0.25, 0.3) is 5.91 Å². The maximum atomic E-state index is 12.5. The van der Waals surface area contributed by atoms with Crippen molar-refractivity contribution in [3.05, 3.63) is 72.2 Å². The highest BCUT2D eigenvalue weighted by Gasteiger charge is 2.17. The summed E-state index contributed by atoms with van der Waals surface area (Å²) in [7, 11) is 3.71. The fourth-order valence-corrected chi connectivity index (χ4v) is 2.37. The van der Waals surface area contributed by atoms with Gasteiger partial charge in [-0.25, -0.2) is 9.97 Å². The second-order valence-corrected chi connectivity index (χ2v) is 5.70. The molecule has 0 unspecified atom stereocenters. The van der Waals surface area contributed by atoms with Crippen molar-refractivity contribution >= 4 is 11.7 Å². The van der Waals surface area contributed by atoms with Crippen molar-refractivity contribution in [2.45, 2.75) is 6.54 Å². The SMILES string of the molecule is CN(C)c1nc(-c2ccccc2)ncc1C(=O)NCc1ccccn1. The molecule has 3 aromatic rings. The quantitative estimate of drug-likeness (QED) is 0.777. The van der Waals surface area contributed by atoms with Crippen molar-refractivity contribution in [3.8, 4) is 11.4 Å². The molecule has 0 saturated carbocycles. The minimum Gasteiger partial charge on any atom is -0.362 e. The number of carbonyl (C=O) groups excluding carboxylic acids is 1. The number of aromatic nitrogens is 3. The summed E-state index contributed by atoms with van der Waals surface area (Å²) in [6.45, 7) is 0.354. The van der Waals surface area contributed by atoms with Crippen LogP contribution in [0.4, 0.5) is 5.82 Å². The van der Waals surface area contributed by atoms with E-state index in [0.717, 1.165) is 11.3 Å². The molecule has 25 heavy (non-hydrogen) atoms. The number of hydrogen-bond acceptors (Lipinski definition) is 5. The molecule has 126 valence electrons. The van der Waals surface area contributed by atoms with E-state index in [4.69, 9.17) is 0 Å². The van der Waals surface area contributed by atoms with Crippen molar-refractivity contribution in [1.82, 2.24) is 20.3 Å². The Balaban J connectivity index is 1.84. The molecule has 2 heterocycles.